The number of carbonyl (C=O) groups is 1. The molecule has 98 valence electrons. The topological polar surface area (TPSA) is 56.7 Å². The number of aromatic carboxylic acids is 1. The third-order valence-corrected chi connectivity index (χ3v) is 3.56. The lowest BCUT2D eigenvalue weighted by Crippen LogP contribution is -2.37. The summed E-state index contributed by atoms with van der Waals surface area (Å²) in [6, 6.07) is 4.08. The minimum absolute atomic E-state index is 0.126. The highest BCUT2D eigenvalue weighted by Crippen LogP contribution is 2.21. The van der Waals surface area contributed by atoms with E-state index in [1.807, 2.05) is 18.0 Å². The van der Waals surface area contributed by atoms with Crippen LogP contribution >= 0.6 is 0 Å². The molecule has 5 heteroatoms. The molecule has 1 aromatic heterocycles. The fraction of sp³-hybridized carbons (Fsp3) is 0.538. The Morgan fingerprint density at radius 3 is 3.06 bits per heavy atom. The van der Waals surface area contributed by atoms with Crippen LogP contribution in [-0.2, 0) is 0 Å². The minimum atomic E-state index is -0.975. The molecule has 0 spiro atoms. The van der Waals surface area contributed by atoms with Gasteiger partial charge >= 0.3 is 5.97 Å². The highest BCUT2D eigenvalue weighted by Gasteiger charge is 2.24. The van der Waals surface area contributed by atoms with Crippen LogP contribution in [0.25, 0.3) is 0 Å². The monoisotopic (exact) mass is 249 g/mol. The third kappa shape index (κ3) is 2.61. The van der Waals surface area contributed by atoms with Crippen molar-refractivity contribution in [2.24, 2.45) is 0 Å². The molecule has 0 amide bonds. The van der Waals surface area contributed by atoms with Crippen LogP contribution in [0.15, 0.2) is 18.3 Å². The molecule has 1 aliphatic rings. The smallest absolute Gasteiger partial charge is 0.356 e. The number of carboxylic acid groups (broad SMARTS) is 1. The number of hydrogen-bond acceptors (Lipinski definition) is 4. The van der Waals surface area contributed by atoms with Crippen LogP contribution in [0.5, 0.6) is 0 Å². The summed E-state index contributed by atoms with van der Waals surface area (Å²) in [5.41, 5.74) is 0.811. The van der Waals surface area contributed by atoms with Crippen LogP contribution in [0.3, 0.4) is 0 Å². The maximum absolute atomic E-state index is 11.1. The lowest BCUT2D eigenvalue weighted by molar-refractivity contribution is 0.0691. The van der Waals surface area contributed by atoms with Gasteiger partial charge in [0.25, 0.3) is 0 Å². The maximum Gasteiger partial charge on any atom is 0.356 e. The Morgan fingerprint density at radius 1 is 1.67 bits per heavy atom. The molecule has 0 radical (unpaired) electrons. The summed E-state index contributed by atoms with van der Waals surface area (Å²) in [6.07, 6.45) is 3.90. The molecule has 1 unspecified atom stereocenters. The van der Waals surface area contributed by atoms with Gasteiger partial charge in [0.2, 0.25) is 0 Å². The summed E-state index contributed by atoms with van der Waals surface area (Å²) >= 11 is 0. The van der Waals surface area contributed by atoms with Gasteiger partial charge in [0.05, 0.1) is 5.69 Å². The first kappa shape index (κ1) is 12.8. The fourth-order valence-electron chi connectivity index (χ4n) is 2.49. The Balaban J connectivity index is 2.13. The zero-order valence-corrected chi connectivity index (χ0v) is 10.8. The van der Waals surface area contributed by atoms with Gasteiger partial charge in [0.15, 0.2) is 5.69 Å². The fourth-order valence-corrected chi connectivity index (χ4v) is 2.49. The van der Waals surface area contributed by atoms with Gasteiger partial charge in [-0.25, -0.2) is 9.78 Å². The summed E-state index contributed by atoms with van der Waals surface area (Å²) in [5.74, 6) is -0.975. The first-order valence-corrected chi connectivity index (χ1v) is 6.19. The molecule has 18 heavy (non-hydrogen) atoms. The molecule has 1 saturated heterocycles. The van der Waals surface area contributed by atoms with Gasteiger partial charge < -0.3 is 14.9 Å². The number of carboxylic acids is 1. The van der Waals surface area contributed by atoms with Crippen molar-refractivity contribution < 1.29 is 9.90 Å². The van der Waals surface area contributed by atoms with Crippen molar-refractivity contribution in [3.05, 3.63) is 24.0 Å². The average Bonchev–Trinajstić information content (AvgIpc) is 2.75. The standard InChI is InChI=1S/C13H19N3O2/c1-15-8-4-5-10(15)9-16(2)11-6-3-7-14-12(11)13(17)18/h3,6-7,10H,4-5,8-9H2,1-2H3,(H,17,18). The van der Waals surface area contributed by atoms with Crippen LogP contribution in [0.2, 0.25) is 0 Å². The Kier molecular flexibility index (Phi) is 3.81. The Bertz CT molecular complexity index is 436. The quantitative estimate of drug-likeness (QED) is 0.872. The number of aromatic nitrogens is 1. The summed E-state index contributed by atoms with van der Waals surface area (Å²) in [7, 11) is 4.04. The van der Waals surface area contributed by atoms with Crippen molar-refractivity contribution in [3.63, 3.8) is 0 Å². The number of pyridine rings is 1. The largest absolute Gasteiger partial charge is 0.476 e. The molecule has 1 aliphatic heterocycles. The van der Waals surface area contributed by atoms with Gasteiger partial charge in [-0.1, -0.05) is 0 Å². The van der Waals surface area contributed by atoms with Crippen LogP contribution < -0.4 is 4.90 Å². The summed E-state index contributed by atoms with van der Waals surface area (Å²) in [5, 5.41) is 9.13. The molecule has 0 bridgehead atoms. The second-order valence-electron chi connectivity index (χ2n) is 4.83. The summed E-state index contributed by atoms with van der Waals surface area (Å²) in [6.45, 7) is 1.96. The van der Waals surface area contributed by atoms with Crippen molar-refractivity contribution in [2.75, 3.05) is 32.1 Å². The molecule has 2 heterocycles. The highest BCUT2D eigenvalue weighted by atomic mass is 16.4. The van der Waals surface area contributed by atoms with Gasteiger partial charge in [-0.2, -0.15) is 0 Å². The van der Waals surface area contributed by atoms with Crippen molar-refractivity contribution >= 4 is 11.7 Å². The Labute approximate surface area is 107 Å². The first-order valence-electron chi connectivity index (χ1n) is 6.19. The van der Waals surface area contributed by atoms with E-state index in [2.05, 4.69) is 16.9 Å². The number of likely N-dealkylation sites (N-methyl/N-ethyl adjacent to an activating group) is 2. The van der Waals surface area contributed by atoms with E-state index < -0.39 is 5.97 Å². The number of nitrogens with zero attached hydrogens (tertiary/aromatic N) is 3. The Hall–Kier alpha value is -1.62. The van der Waals surface area contributed by atoms with Gasteiger partial charge in [-0.3, -0.25) is 0 Å². The molecular weight excluding hydrogens is 230 g/mol. The molecule has 0 saturated carbocycles. The zero-order chi connectivity index (χ0) is 13.1. The van der Waals surface area contributed by atoms with Crippen LogP contribution in [0.1, 0.15) is 23.3 Å². The lowest BCUT2D eigenvalue weighted by Gasteiger charge is -2.27. The van der Waals surface area contributed by atoms with Crippen molar-refractivity contribution in [3.8, 4) is 0 Å². The number of rotatable bonds is 4. The molecule has 1 N–H and O–H groups in total. The van der Waals surface area contributed by atoms with Crippen LogP contribution in [0, 0.1) is 0 Å². The van der Waals surface area contributed by atoms with Crippen molar-refractivity contribution in [1.82, 2.24) is 9.88 Å². The number of likely N-dealkylation sites (tertiary alicyclic amines) is 1. The van der Waals surface area contributed by atoms with E-state index >= 15 is 0 Å². The van der Waals surface area contributed by atoms with E-state index in [1.165, 1.54) is 19.0 Å². The highest BCUT2D eigenvalue weighted by molar-refractivity contribution is 5.92. The van der Waals surface area contributed by atoms with E-state index in [-0.39, 0.29) is 5.69 Å². The Morgan fingerprint density at radius 2 is 2.44 bits per heavy atom. The normalized spacial score (nSPS) is 20.0. The maximum atomic E-state index is 11.1. The predicted molar refractivity (Wildman–Crippen MR) is 70.1 cm³/mol. The van der Waals surface area contributed by atoms with E-state index in [4.69, 9.17) is 5.11 Å². The second kappa shape index (κ2) is 5.35. The minimum Gasteiger partial charge on any atom is -0.476 e. The van der Waals surface area contributed by atoms with E-state index in [1.54, 1.807) is 6.07 Å². The number of hydrogen-bond donors (Lipinski definition) is 1. The predicted octanol–water partition coefficient (Wildman–Crippen LogP) is 1.31. The molecule has 2 rings (SSSR count). The molecule has 0 aliphatic carbocycles. The molecular formula is C13H19N3O2. The van der Waals surface area contributed by atoms with Crippen molar-refractivity contribution in [1.29, 1.82) is 0 Å². The number of anilines is 1. The molecule has 0 aromatic carbocycles. The zero-order valence-electron chi connectivity index (χ0n) is 10.8. The van der Waals surface area contributed by atoms with Crippen molar-refractivity contribution in [2.45, 2.75) is 18.9 Å². The van der Waals surface area contributed by atoms with Gasteiger partial charge in [-0.15, -0.1) is 0 Å². The first-order chi connectivity index (χ1) is 8.59. The molecule has 1 atom stereocenters. The van der Waals surface area contributed by atoms with Crippen LogP contribution in [-0.4, -0.2) is 54.2 Å². The van der Waals surface area contributed by atoms with Gasteiger partial charge in [0, 0.05) is 25.8 Å². The average molecular weight is 249 g/mol. The molecule has 1 aromatic rings. The second-order valence-corrected chi connectivity index (χ2v) is 4.83. The van der Waals surface area contributed by atoms with Gasteiger partial charge in [-0.05, 0) is 38.6 Å². The molecule has 5 nitrogen and oxygen atoms in total. The lowest BCUT2D eigenvalue weighted by atomic mass is 10.2. The van der Waals surface area contributed by atoms with E-state index in [0.717, 1.165) is 13.1 Å². The van der Waals surface area contributed by atoms with Gasteiger partial charge in [0.1, 0.15) is 0 Å². The van der Waals surface area contributed by atoms with E-state index in [9.17, 15) is 4.79 Å². The SMILES string of the molecule is CN(CC1CCCN1C)c1cccnc1C(=O)O. The third-order valence-electron chi connectivity index (χ3n) is 3.56. The summed E-state index contributed by atoms with van der Waals surface area (Å²) < 4.78 is 0. The van der Waals surface area contributed by atoms with E-state index in [0.29, 0.717) is 11.7 Å². The molecule has 1 fully saturated rings. The summed E-state index contributed by atoms with van der Waals surface area (Å²) in [4.78, 5) is 19.4. The van der Waals surface area contributed by atoms with Crippen LogP contribution in [0.4, 0.5) is 5.69 Å².